The van der Waals surface area contributed by atoms with Crippen molar-refractivity contribution >= 4 is 23.3 Å². The van der Waals surface area contributed by atoms with Crippen molar-refractivity contribution in [2.45, 2.75) is 0 Å². The van der Waals surface area contributed by atoms with Crippen LogP contribution < -0.4 is 0 Å². The monoisotopic (exact) mass is 237 g/mol. The molecule has 1 aromatic carbocycles. The van der Waals surface area contributed by atoms with E-state index in [1.165, 1.54) is 0 Å². The van der Waals surface area contributed by atoms with Crippen LogP contribution in [0.2, 0.25) is 5.02 Å². The fourth-order valence-electron chi connectivity index (χ4n) is 0.906. The average Bonchev–Trinajstić information content (AvgIpc) is 2.10. The van der Waals surface area contributed by atoms with Crippen LogP contribution in [0.3, 0.4) is 0 Å². The Morgan fingerprint density at radius 3 is 2.47 bits per heavy atom. The Hall–Kier alpha value is -1.76. The zero-order valence-electron chi connectivity index (χ0n) is 6.83. The molecule has 0 aliphatic heterocycles. The summed E-state index contributed by atoms with van der Waals surface area (Å²) in [6, 6.07) is 0.285. The fourth-order valence-corrected chi connectivity index (χ4v) is 1.19. The highest BCUT2D eigenvalue weighted by Crippen LogP contribution is 2.32. The Balaban J connectivity index is 3.63. The Morgan fingerprint density at radius 2 is 2.07 bits per heavy atom. The molecule has 5 nitrogen and oxygen atoms in total. The molecular weight excluding hydrogens is 236 g/mol. The number of nitrogens with zero attached hydrogens (tertiary/aromatic N) is 1. The van der Waals surface area contributed by atoms with Crippen LogP contribution in [-0.2, 0) is 0 Å². The molecule has 0 atom stereocenters. The quantitative estimate of drug-likeness (QED) is 0.486. The van der Waals surface area contributed by atoms with Gasteiger partial charge >= 0.3 is 11.7 Å². The predicted octanol–water partition coefficient (Wildman–Crippen LogP) is 2.22. The van der Waals surface area contributed by atoms with Crippen LogP contribution in [0, 0.1) is 21.7 Å². The van der Waals surface area contributed by atoms with E-state index in [1.807, 2.05) is 0 Å². The van der Waals surface area contributed by atoms with Crippen molar-refractivity contribution in [2.75, 3.05) is 0 Å². The van der Waals surface area contributed by atoms with Gasteiger partial charge in [-0.25, -0.2) is 9.18 Å². The van der Waals surface area contributed by atoms with Crippen LogP contribution in [0.15, 0.2) is 6.07 Å². The molecule has 8 heteroatoms. The molecule has 0 saturated heterocycles. The molecule has 0 amide bonds. The smallest absolute Gasteiger partial charge is 0.337 e. The van der Waals surface area contributed by atoms with E-state index in [-0.39, 0.29) is 6.07 Å². The van der Waals surface area contributed by atoms with E-state index in [2.05, 4.69) is 0 Å². The van der Waals surface area contributed by atoms with E-state index in [1.54, 1.807) is 0 Å². The molecule has 0 heterocycles. The number of hydrogen-bond acceptors (Lipinski definition) is 3. The van der Waals surface area contributed by atoms with Gasteiger partial charge in [0.25, 0.3) is 0 Å². The van der Waals surface area contributed by atoms with Crippen molar-refractivity contribution in [3.63, 3.8) is 0 Å². The number of benzene rings is 1. The number of nitro groups is 1. The zero-order chi connectivity index (χ0) is 11.7. The topological polar surface area (TPSA) is 80.4 Å². The third-order valence-corrected chi connectivity index (χ3v) is 1.93. The second kappa shape index (κ2) is 3.77. The highest BCUT2D eigenvalue weighted by atomic mass is 35.5. The first-order valence-electron chi connectivity index (χ1n) is 3.41. The average molecular weight is 238 g/mol. The number of rotatable bonds is 2. The molecule has 0 fully saturated rings. The molecule has 80 valence electrons. The number of carboxylic acids is 1. The van der Waals surface area contributed by atoms with E-state index in [9.17, 15) is 23.7 Å². The van der Waals surface area contributed by atoms with E-state index >= 15 is 0 Å². The van der Waals surface area contributed by atoms with E-state index < -0.39 is 38.8 Å². The summed E-state index contributed by atoms with van der Waals surface area (Å²) in [7, 11) is 0. The van der Waals surface area contributed by atoms with Crippen LogP contribution in [0.25, 0.3) is 0 Å². The lowest BCUT2D eigenvalue weighted by molar-refractivity contribution is -0.387. The van der Waals surface area contributed by atoms with Crippen molar-refractivity contribution < 1.29 is 23.6 Å². The molecule has 1 N–H and O–H groups in total. The van der Waals surface area contributed by atoms with Crippen LogP contribution >= 0.6 is 11.6 Å². The molecule has 0 bridgehead atoms. The molecule has 0 aliphatic rings. The van der Waals surface area contributed by atoms with Gasteiger partial charge in [-0.2, -0.15) is 4.39 Å². The molecular formula is C7H2ClF2NO4. The fraction of sp³-hybridized carbons (Fsp3) is 0. The van der Waals surface area contributed by atoms with E-state index in [0.29, 0.717) is 0 Å². The highest BCUT2D eigenvalue weighted by Gasteiger charge is 2.28. The number of nitro benzene ring substituents is 1. The van der Waals surface area contributed by atoms with Gasteiger partial charge in [0.05, 0.1) is 10.5 Å². The lowest BCUT2D eigenvalue weighted by Gasteiger charge is -2.01. The summed E-state index contributed by atoms with van der Waals surface area (Å²) in [5.41, 5.74) is -2.24. The van der Waals surface area contributed by atoms with Gasteiger partial charge in [-0.3, -0.25) is 10.1 Å². The molecule has 0 saturated carbocycles. The summed E-state index contributed by atoms with van der Waals surface area (Å²) >= 11 is 5.25. The van der Waals surface area contributed by atoms with Crippen LogP contribution in [-0.4, -0.2) is 16.0 Å². The summed E-state index contributed by atoms with van der Waals surface area (Å²) in [6.45, 7) is 0. The Bertz CT molecular complexity index is 463. The van der Waals surface area contributed by atoms with Gasteiger partial charge in [-0.1, -0.05) is 11.6 Å². The third-order valence-electron chi connectivity index (χ3n) is 1.55. The SMILES string of the molecule is O=C(O)c1cc(F)c(F)c([N+](=O)[O-])c1Cl. The minimum absolute atomic E-state index is 0.285. The summed E-state index contributed by atoms with van der Waals surface area (Å²) in [4.78, 5) is 19.5. The van der Waals surface area contributed by atoms with Gasteiger partial charge in [-0.15, -0.1) is 0 Å². The van der Waals surface area contributed by atoms with Crippen molar-refractivity contribution in [3.05, 3.63) is 38.4 Å². The maximum atomic E-state index is 12.9. The number of hydrogen-bond donors (Lipinski definition) is 1. The van der Waals surface area contributed by atoms with Gasteiger partial charge in [-0.05, 0) is 6.07 Å². The molecule has 15 heavy (non-hydrogen) atoms. The molecule has 0 aromatic heterocycles. The van der Waals surface area contributed by atoms with Crippen LogP contribution in [0.4, 0.5) is 14.5 Å². The molecule has 0 unspecified atom stereocenters. The van der Waals surface area contributed by atoms with Crippen molar-refractivity contribution in [1.29, 1.82) is 0 Å². The third kappa shape index (κ3) is 1.86. The van der Waals surface area contributed by atoms with Crippen LogP contribution in [0.1, 0.15) is 10.4 Å². The maximum Gasteiger partial charge on any atom is 0.337 e. The van der Waals surface area contributed by atoms with Gasteiger partial charge in [0, 0.05) is 0 Å². The van der Waals surface area contributed by atoms with E-state index in [0.717, 1.165) is 0 Å². The van der Waals surface area contributed by atoms with Gasteiger partial charge in [0.15, 0.2) is 5.82 Å². The standard InChI is InChI=1S/C7H2ClF2NO4/c8-4-2(7(12)13)1-3(9)5(10)6(4)11(14)15/h1H,(H,12,13). The largest absolute Gasteiger partial charge is 0.478 e. The zero-order valence-corrected chi connectivity index (χ0v) is 7.59. The minimum Gasteiger partial charge on any atom is -0.478 e. The first-order chi connectivity index (χ1) is 6.86. The predicted molar refractivity (Wildman–Crippen MR) is 45.0 cm³/mol. The minimum atomic E-state index is -1.78. The van der Waals surface area contributed by atoms with Crippen molar-refractivity contribution in [3.8, 4) is 0 Å². The Kier molecular flexibility index (Phi) is 2.85. The Morgan fingerprint density at radius 1 is 1.53 bits per heavy atom. The Labute approximate surface area is 86.0 Å². The molecule has 0 aliphatic carbocycles. The molecule has 0 spiro atoms. The summed E-state index contributed by atoms with van der Waals surface area (Å²) in [5.74, 6) is -5.10. The number of carbonyl (C=O) groups is 1. The number of carboxylic acid groups (broad SMARTS) is 1. The van der Waals surface area contributed by atoms with Crippen molar-refractivity contribution in [2.24, 2.45) is 0 Å². The number of halogens is 3. The summed E-state index contributed by atoms with van der Waals surface area (Å²) < 4.78 is 25.6. The van der Waals surface area contributed by atoms with Gasteiger partial charge < -0.3 is 5.11 Å². The summed E-state index contributed by atoms with van der Waals surface area (Å²) in [6.07, 6.45) is 0. The van der Waals surface area contributed by atoms with E-state index in [4.69, 9.17) is 16.7 Å². The molecule has 1 rings (SSSR count). The second-order valence-corrected chi connectivity index (χ2v) is 2.82. The first kappa shape index (κ1) is 11.3. The highest BCUT2D eigenvalue weighted by molar-refractivity contribution is 6.35. The number of aromatic carboxylic acids is 1. The molecule has 1 aromatic rings. The lowest BCUT2D eigenvalue weighted by Crippen LogP contribution is -2.05. The maximum absolute atomic E-state index is 12.9. The first-order valence-corrected chi connectivity index (χ1v) is 3.79. The summed E-state index contributed by atoms with van der Waals surface area (Å²) in [5, 5.41) is 17.8. The molecule has 0 radical (unpaired) electrons. The van der Waals surface area contributed by atoms with Crippen LogP contribution in [0.5, 0.6) is 0 Å². The van der Waals surface area contributed by atoms with Gasteiger partial charge in [0.1, 0.15) is 5.02 Å². The van der Waals surface area contributed by atoms with Gasteiger partial charge in [0.2, 0.25) is 5.82 Å². The lowest BCUT2D eigenvalue weighted by atomic mass is 10.2. The van der Waals surface area contributed by atoms with Crippen molar-refractivity contribution in [1.82, 2.24) is 0 Å². The normalized spacial score (nSPS) is 10.1. The second-order valence-electron chi connectivity index (χ2n) is 2.44.